The van der Waals surface area contributed by atoms with Crippen LogP contribution >= 0.6 is 0 Å². The largest absolute Gasteiger partial charge is 0.479 e. The van der Waals surface area contributed by atoms with Crippen molar-refractivity contribution in [1.82, 2.24) is 0 Å². The number of benzene rings is 4. The Balaban J connectivity index is 0.000000187. The summed E-state index contributed by atoms with van der Waals surface area (Å²) in [6.07, 6.45) is -8.30. The van der Waals surface area contributed by atoms with E-state index in [-0.39, 0.29) is 201 Å². The van der Waals surface area contributed by atoms with Crippen LogP contribution in [0.3, 0.4) is 0 Å². The molecule has 798 valence electrons. The zero-order valence-corrected chi connectivity index (χ0v) is 80.2. The molecular weight excluding hydrogens is 1860 g/mol. The topological polar surface area (TPSA) is 642 Å². The van der Waals surface area contributed by atoms with Crippen molar-refractivity contribution in [2.45, 2.75) is 326 Å². The van der Waals surface area contributed by atoms with Gasteiger partial charge in [-0.05, 0) is 74.6 Å². The van der Waals surface area contributed by atoms with Gasteiger partial charge in [0.15, 0.2) is 6.10 Å². The Bertz CT molecular complexity index is 3500. The first-order valence-corrected chi connectivity index (χ1v) is 47.6. The van der Waals surface area contributed by atoms with Gasteiger partial charge in [-0.15, -0.1) is 0 Å². The lowest BCUT2D eigenvalue weighted by atomic mass is 9.98. The van der Waals surface area contributed by atoms with Crippen LogP contribution in [0.15, 0.2) is 121 Å². The van der Waals surface area contributed by atoms with Gasteiger partial charge in [0.1, 0.15) is 224 Å². The van der Waals surface area contributed by atoms with Gasteiger partial charge in [-0.2, -0.15) is 0 Å². The van der Waals surface area contributed by atoms with Crippen LogP contribution in [-0.2, 0) is 114 Å². The van der Waals surface area contributed by atoms with Crippen molar-refractivity contribution >= 4 is 11.9 Å². The van der Waals surface area contributed by atoms with Gasteiger partial charge in [-0.3, -0.25) is 0 Å². The standard InChI is InChI=1S/C14H14O2.3C10H18O4.C9H12O2.C8H8O3.4C6H10O4.2C4H8O3.C3H6O3/c15-13(11-7-3-1-4-8-11)14(16)12-9-5-2-6-10-12;3*1-3-7-9-10(14-5-11-7)8(4-2)12-6-13-9;1-7(10)9(11)8-5-3-2-4-6-8;9-7(8(10)11)6-4-2-1-3-5-6;4*7-3-1-9-6-4(8)2-10-5(3)6;2*5-3-1-7-2-4(3)6;1-2(4)3(5)6/h1-10,13-16H;3*7-10H,3-6H2,1-2H3;2-7,9-11H,1H3;1-5,7,9H,(H,10,11);4*3-8H,1-2H2;2*3-6H,1-2H2;2,4H,1H3,(H,5,6)/t13-,14-;7-,8+,9?,10?;2*7-,8-,9?,10?;7-,9+;7-;2*3-,4+,5-,6-;3-,4-,5+,6+;3-,4-,5-,6-;3-,4+;3-,4-;2-/m1.10111101.01/s1. The summed E-state index contributed by atoms with van der Waals surface area (Å²) in [7, 11) is 0. The van der Waals surface area contributed by atoms with Gasteiger partial charge in [0, 0.05) is 0 Å². The van der Waals surface area contributed by atoms with Crippen LogP contribution in [0.25, 0.3) is 0 Å². The maximum atomic E-state index is 10.2. The van der Waals surface area contributed by atoms with Crippen molar-refractivity contribution in [1.29, 1.82) is 0 Å². The van der Waals surface area contributed by atoms with Crippen LogP contribution in [-0.4, -0.2) is 442 Å². The second-order valence-corrected chi connectivity index (χ2v) is 34.9. The van der Waals surface area contributed by atoms with Crippen molar-refractivity contribution in [3.63, 3.8) is 0 Å². The molecule has 0 radical (unpaired) electrons. The summed E-state index contributed by atoms with van der Waals surface area (Å²) in [5, 5.41) is 179. The van der Waals surface area contributed by atoms with Crippen molar-refractivity contribution in [3.05, 3.63) is 144 Å². The Morgan fingerprint density at radius 3 is 0.550 bits per heavy atom. The lowest BCUT2D eigenvalue weighted by Crippen LogP contribution is -2.56. The average Bonchev–Trinajstić information content (AvgIpc) is 1.50. The molecular formula is C96H150O44. The summed E-state index contributed by atoms with van der Waals surface area (Å²) < 4.78 is 116. The minimum atomic E-state index is -1.41. The Morgan fingerprint density at radius 2 is 0.407 bits per heavy atom. The molecule has 0 aromatic heterocycles. The maximum absolute atomic E-state index is 10.2. The molecule has 16 fully saturated rings. The molecule has 4 aromatic carbocycles. The van der Waals surface area contributed by atoms with Crippen LogP contribution in [0.4, 0.5) is 0 Å². The van der Waals surface area contributed by atoms with Crippen molar-refractivity contribution < 1.29 is 216 Å². The lowest BCUT2D eigenvalue weighted by Gasteiger charge is -2.43. The number of hydrogen-bond acceptors (Lipinski definition) is 42. The summed E-state index contributed by atoms with van der Waals surface area (Å²) in [5.74, 6) is -2.41. The summed E-state index contributed by atoms with van der Waals surface area (Å²) in [6.45, 7) is 21.0. The Labute approximate surface area is 814 Å². The van der Waals surface area contributed by atoms with Crippen molar-refractivity contribution in [2.24, 2.45) is 0 Å². The third-order valence-corrected chi connectivity index (χ3v) is 24.8. The molecule has 6 unspecified atom stereocenters. The minimum absolute atomic E-state index is 0.0486. The molecule has 4 aromatic rings. The first-order valence-electron chi connectivity index (χ1n) is 47.6. The van der Waals surface area contributed by atoms with Gasteiger partial charge in [0.25, 0.3) is 0 Å². The second-order valence-electron chi connectivity index (χ2n) is 34.9. The zero-order chi connectivity index (χ0) is 102. The fourth-order valence-electron chi connectivity index (χ4n) is 16.7. The molecule has 38 atom stereocenters. The molecule has 0 spiro atoms. The molecule has 0 saturated carbocycles. The number of ether oxygens (including phenoxy) is 22. The monoisotopic (exact) mass is 2010 g/mol. The minimum Gasteiger partial charge on any atom is -0.479 e. The highest BCUT2D eigenvalue weighted by atomic mass is 16.8. The van der Waals surface area contributed by atoms with E-state index in [0.717, 1.165) is 55.2 Å². The number of carboxylic acid groups (broad SMARTS) is 2. The number of rotatable bonds is 14. The van der Waals surface area contributed by atoms with E-state index in [0.29, 0.717) is 46.3 Å². The van der Waals surface area contributed by atoms with Crippen LogP contribution in [0.1, 0.15) is 141 Å². The Hall–Kier alpha value is -5.78. The number of hydrogen-bond donors (Lipinski definition) is 20. The highest BCUT2D eigenvalue weighted by Crippen LogP contribution is 2.36. The molecule has 0 aliphatic carbocycles. The smallest absolute Gasteiger partial charge is 0.337 e. The first-order chi connectivity index (χ1) is 67.2. The van der Waals surface area contributed by atoms with E-state index in [2.05, 4.69) is 51.0 Å². The van der Waals surface area contributed by atoms with Gasteiger partial charge in [-0.25, -0.2) is 9.59 Å². The fourth-order valence-corrected chi connectivity index (χ4v) is 16.7. The molecule has 16 aliphatic heterocycles. The number of aliphatic hydroxyl groups excluding tert-OH is 18. The van der Waals surface area contributed by atoms with E-state index < -0.39 is 122 Å². The molecule has 44 heteroatoms. The highest BCUT2D eigenvalue weighted by molar-refractivity contribution is 5.74. The van der Waals surface area contributed by atoms with E-state index in [1.54, 1.807) is 73.7 Å². The molecule has 16 heterocycles. The van der Waals surface area contributed by atoms with Gasteiger partial charge >= 0.3 is 11.9 Å². The van der Waals surface area contributed by atoms with Gasteiger partial charge < -0.3 is 206 Å². The van der Waals surface area contributed by atoms with E-state index >= 15 is 0 Å². The van der Waals surface area contributed by atoms with E-state index in [9.17, 15) is 24.9 Å². The molecule has 44 nitrogen and oxygen atoms in total. The summed E-state index contributed by atoms with van der Waals surface area (Å²) in [4.78, 5) is 19.7. The first kappa shape index (κ1) is 119. The normalized spacial score (nSPS) is 36.9. The predicted molar refractivity (Wildman–Crippen MR) is 485 cm³/mol. The third kappa shape index (κ3) is 36.4. The molecule has 16 saturated heterocycles. The quantitative estimate of drug-likeness (QED) is 0.0733. The lowest BCUT2D eigenvalue weighted by molar-refractivity contribution is -0.322. The SMILES string of the molecule is CC[C@@H]1OCOC2C1OCO[C@@H]2CC.CC[C@@H]1OCOC2C1OCO[C@H]2CC.CC[C@H]1OCOC2C1OCO[C@@H]2CC.C[C@@H](O)C(=O)O.C[C@@H](O)[C@H](O)c1ccccc1.O=C(O)[C@H](O)c1ccccc1.O[C@@H]1COC[C@@H]1O.O[C@@H]1CO[C@H]2[C@@H]1OC[C@@H]2O.O[C@@H]1CO[C@H]2[C@@H]1OC[C@@H]2O.O[C@@H]1CO[C@H]2[C@@H]1OC[C@H]2O.O[C@H](c1ccccc1)[C@H](O)c1ccccc1.O[C@H]1COC[C@@H]1O.O[C@H]1CO[C@H]2[C@@H]1OC[C@@H]2O. The summed E-state index contributed by atoms with van der Waals surface area (Å²) in [6, 6.07) is 35.7. The maximum Gasteiger partial charge on any atom is 0.337 e. The second kappa shape index (κ2) is 63.0. The van der Waals surface area contributed by atoms with Crippen LogP contribution in [0.2, 0.25) is 0 Å². The Morgan fingerprint density at radius 1 is 0.236 bits per heavy atom. The number of aliphatic hydroxyl groups is 18. The molecule has 16 aliphatic rings. The molecule has 0 bridgehead atoms. The van der Waals surface area contributed by atoms with E-state index in [1.807, 2.05) is 54.6 Å². The van der Waals surface area contributed by atoms with Crippen LogP contribution in [0, 0.1) is 0 Å². The van der Waals surface area contributed by atoms with Gasteiger partial charge in [0.2, 0.25) is 0 Å². The van der Waals surface area contributed by atoms with Crippen LogP contribution < -0.4 is 0 Å². The van der Waals surface area contributed by atoms with Gasteiger partial charge in [0.05, 0.1) is 122 Å². The Kier molecular flexibility index (Phi) is 53.8. The van der Waals surface area contributed by atoms with Crippen molar-refractivity contribution in [3.8, 4) is 0 Å². The summed E-state index contributed by atoms with van der Waals surface area (Å²) in [5.41, 5.74) is 2.60. The van der Waals surface area contributed by atoms with E-state index in [4.69, 9.17) is 182 Å². The average molecular weight is 2010 g/mol. The number of carboxylic acids is 2. The third-order valence-electron chi connectivity index (χ3n) is 24.8. The molecule has 140 heavy (non-hydrogen) atoms. The number of fused-ring (bicyclic) bond motifs is 7. The predicted octanol–water partition coefficient (Wildman–Crippen LogP) is -0.821. The fraction of sp³-hybridized carbons (Fsp3) is 0.729. The molecule has 20 N–H and O–H groups in total. The number of aliphatic carboxylic acids is 2. The molecule has 0 amide bonds. The summed E-state index contributed by atoms with van der Waals surface area (Å²) >= 11 is 0. The molecule has 20 rings (SSSR count). The number of carbonyl (C=O) groups is 2. The van der Waals surface area contributed by atoms with E-state index in [1.165, 1.54) is 6.92 Å². The van der Waals surface area contributed by atoms with Gasteiger partial charge in [-0.1, -0.05) is 163 Å². The zero-order valence-electron chi connectivity index (χ0n) is 80.2. The van der Waals surface area contributed by atoms with Crippen LogP contribution in [0.5, 0.6) is 0 Å². The van der Waals surface area contributed by atoms with Crippen molar-refractivity contribution in [2.75, 3.05) is 120 Å². The highest BCUT2D eigenvalue weighted by Gasteiger charge is 2.51.